The highest BCUT2D eigenvalue weighted by Gasteiger charge is 2.12. The molecule has 1 heterocycles. The second-order valence-electron chi connectivity index (χ2n) is 3.68. The number of halogens is 1. The number of anilines is 1. The lowest BCUT2D eigenvalue weighted by Gasteiger charge is -2.07. The Balaban J connectivity index is 2.20. The van der Waals surface area contributed by atoms with Crippen LogP contribution in [0.5, 0.6) is 11.5 Å². The molecule has 0 spiro atoms. The maximum absolute atomic E-state index is 12.0. The Kier molecular flexibility index (Phi) is 4.01. The summed E-state index contributed by atoms with van der Waals surface area (Å²) in [4.78, 5) is 16.1. The van der Waals surface area contributed by atoms with Gasteiger partial charge < -0.3 is 15.2 Å². The van der Waals surface area contributed by atoms with E-state index in [1.54, 1.807) is 24.3 Å². The first-order valence-corrected chi connectivity index (χ1v) is 6.20. The third kappa shape index (κ3) is 3.23. The number of nitrogens with zero attached hydrogens (tertiary/aromatic N) is 1. The van der Waals surface area contributed by atoms with Gasteiger partial charge in [0.2, 0.25) is 0 Å². The summed E-state index contributed by atoms with van der Waals surface area (Å²) < 4.78 is 5.57. The zero-order valence-corrected chi connectivity index (χ0v) is 11.6. The Morgan fingerprint density at radius 3 is 2.79 bits per heavy atom. The van der Waals surface area contributed by atoms with Crippen molar-refractivity contribution < 1.29 is 14.6 Å². The fraction of sp³-hybridized carbons (Fsp3) is 0.0769. The third-order valence-corrected chi connectivity index (χ3v) is 2.85. The van der Waals surface area contributed by atoms with Gasteiger partial charge in [0, 0.05) is 6.07 Å². The Morgan fingerprint density at radius 1 is 1.37 bits per heavy atom. The van der Waals surface area contributed by atoms with Crippen LogP contribution >= 0.6 is 15.9 Å². The van der Waals surface area contributed by atoms with Crippen LogP contribution in [0.3, 0.4) is 0 Å². The van der Waals surface area contributed by atoms with Gasteiger partial charge in [-0.1, -0.05) is 6.07 Å². The first-order chi connectivity index (χ1) is 9.10. The van der Waals surface area contributed by atoms with Crippen LogP contribution in [0.2, 0.25) is 0 Å². The topological polar surface area (TPSA) is 71.5 Å². The summed E-state index contributed by atoms with van der Waals surface area (Å²) >= 11 is 3.21. The SMILES string of the molecule is COc1ccc(C(=O)Nc2cccc(Br)n2)c(O)c1. The summed E-state index contributed by atoms with van der Waals surface area (Å²) in [5.74, 6) is 0.293. The number of aromatic hydroxyl groups is 1. The molecule has 2 aromatic rings. The highest BCUT2D eigenvalue weighted by atomic mass is 79.9. The van der Waals surface area contributed by atoms with Crippen LogP contribution in [0.4, 0.5) is 5.82 Å². The molecule has 0 atom stereocenters. The molecule has 1 amide bonds. The van der Waals surface area contributed by atoms with Crippen LogP contribution in [-0.4, -0.2) is 23.1 Å². The van der Waals surface area contributed by atoms with Crippen molar-refractivity contribution in [1.29, 1.82) is 0 Å². The number of nitrogens with one attached hydrogen (secondary N) is 1. The van der Waals surface area contributed by atoms with Gasteiger partial charge in [-0.2, -0.15) is 0 Å². The molecule has 1 aromatic carbocycles. The molecule has 0 bridgehead atoms. The van der Waals surface area contributed by atoms with Gasteiger partial charge in [-0.15, -0.1) is 0 Å². The Hall–Kier alpha value is -2.08. The minimum atomic E-state index is -0.439. The minimum absolute atomic E-state index is 0.146. The largest absolute Gasteiger partial charge is 0.507 e. The fourth-order valence-electron chi connectivity index (χ4n) is 1.49. The zero-order chi connectivity index (χ0) is 13.8. The highest BCUT2D eigenvalue weighted by molar-refractivity contribution is 9.10. The van der Waals surface area contributed by atoms with E-state index in [1.165, 1.54) is 19.2 Å². The number of methoxy groups -OCH3 is 1. The van der Waals surface area contributed by atoms with Crippen LogP contribution < -0.4 is 10.1 Å². The summed E-state index contributed by atoms with van der Waals surface area (Å²) in [6, 6.07) is 9.62. The first-order valence-electron chi connectivity index (χ1n) is 5.41. The van der Waals surface area contributed by atoms with Crippen molar-refractivity contribution in [3.63, 3.8) is 0 Å². The van der Waals surface area contributed by atoms with Crippen LogP contribution in [0.1, 0.15) is 10.4 Å². The van der Waals surface area contributed by atoms with Crippen molar-refractivity contribution in [3.8, 4) is 11.5 Å². The molecule has 98 valence electrons. The fourth-order valence-corrected chi connectivity index (χ4v) is 1.84. The third-order valence-electron chi connectivity index (χ3n) is 2.41. The Bertz CT molecular complexity index is 617. The number of rotatable bonds is 3. The van der Waals surface area contributed by atoms with Gasteiger partial charge in [-0.25, -0.2) is 4.98 Å². The van der Waals surface area contributed by atoms with Gasteiger partial charge in [-0.3, -0.25) is 4.79 Å². The molecule has 0 aliphatic rings. The predicted molar refractivity (Wildman–Crippen MR) is 74.5 cm³/mol. The van der Waals surface area contributed by atoms with Crippen molar-refractivity contribution in [2.45, 2.75) is 0 Å². The number of phenols is 1. The molecule has 0 fully saturated rings. The maximum atomic E-state index is 12.0. The highest BCUT2D eigenvalue weighted by Crippen LogP contribution is 2.24. The number of ether oxygens (including phenoxy) is 1. The lowest BCUT2D eigenvalue weighted by Crippen LogP contribution is -2.13. The lowest BCUT2D eigenvalue weighted by atomic mass is 10.2. The molecule has 0 aliphatic carbocycles. The number of phenolic OH excluding ortho intramolecular Hbond substituents is 1. The van der Waals surface area contributed by atoms with Gasteiger partial charge >= 0.3 is 0 Å². The molecule has 2 N–H and O–H groups in total. The van der Waals surface area contributed by atoms with Crippen molar-refractivity contribution in [2.75, 3.05) is 12.4 Å². The molecule has 0 saturated heterocycles. The summed E-state index contributed by atoms with van der Waals surface area (Å²) in [6.45, 7) is 0. The van der Waals surface area contributed by atoms with Crippen molar-refractivity contribution in [1.82, 2.24) is 4.98 Å². The van der Waals surface area contributed by atoms with Crippen molar-refractivity contribution >= 4 is 27.7 Å². The van der Waals surface area contributed by atoms with Crippen LogP contribution in [0.25, 0.3) is 0 Å². The molecular formula is C13H11BrN2O3. The molecule has 0 saturated carbocycles. The molecule has 19 heavy (non-hydrogen) atoms. The first kappa shape index (κ1) is 13.4. The summed E-state index contributed by atoms with van der Waals surface area (Å²) in [7, 11) is 1.49. The zero-order valence-electron chi connectivity index (χ0n) is 10.1. The van der Waals surface area contributed by atoms with E-state index in [9.17, 15) is 9.90 Å². The molecule has 1 aromatic heterocycles. The van der Waals surface area contributed by atoms with Crippen LogP contribution in [-0.2, 0) is 0 Å². The summed E-state index contributed by atoms with van der Waals surface area (Å²) in [5, 5.41) is 12.4. The van der Waals surface area contributed by atoms with Crippen LogP contribution in [0, 0.1) is 0 Å². The number of amides is 1. The second kappa shape index (κ2) is 5.71. The minimum Gasteiger partial charge on any atom is -0.507 e. The normalized spacial score (nSPS) is 10.0. The molecular weight excluding hydrogens is 312 g/mol. The van der Waals surface area contributed by atoms with Crippen LogP contribution in [0.15, 0.2) is 41.0 Å². The number of aromatic nitrogens is 1. The monoisotopic (exact) mass is 322 g/mol. The number of benzene rings is 1. The van der Waals surface area contributed by atoms with Gasteiger partial charge in [0.15, 0.2) is 0 Å². The van der Waals surface area contributed by atoms with E-state index in [2.05, 4.69) is 26.2 Å². The molecule has 0 unspecified atom stereocenters. The summed E-state index contributed by atoms with van der Waals surface area (Å²) in [6.07, 6.45) is 0. The maximum Gasteiger partial charge on any atom is 0.260 e. The van der Waals surface area contributed by atoms with E-state index in [0.29, 0.717) is 16.2 Å². The molecule has 0 radical (unpaired) electrons. The standard InChI is InChI=1S/C13H11BrN2O3/c1-19-8-5-6-9(10(17)7-8)13(18)16-12-4-2-3-11(14)15-12/h2-7,17H,1H3,(H,15,16,18). The van der Waals surface area contributed by atoms with E-state index in [1.807, 2.05) is 0 Å². The Labute approximate surface area is 118 Å². The van der Waals surface area contributed by atoms with Crippen molar-refractivity contribution in [3.05, 3.63) is 46.6 Å². The number of carbonyl (C=O) groups is 1. The van der Waals surface area contributed by atoms with E-state index >= 15 is 0 Å². The number of carbonyl (C=O) groups excluding carboxylic acids is 1. The Morgan fingerprint density at radius 2 is 2.16 bits per heavy atom. The van der Waals surface area contributed by atoms with E-state index in [4.69, 9.17) is 4.74 Å². The molecule has 2 rings (SSSR count). The van der Waals surface area contributed by atoms with Gasteiger partial charge in [0.05, 0.1) is 12.7 Å². The average Bonchev–Trinajstić information content (AvgIpc) is 2.38. The van der Waals surface area contributed by atoms with Crippen molar-refractivity contribution in [2.24, 2.45) is 0 Å². The van der Waals surface area contributed by atoms with Gasteiger partial charge in [-0.05, 0) is 40.2 Å². The predicted octanol–water partition coefficient (Wildman–Crippen LogP) is 2.81. The summed E-state index contributed by atoms with van der Waals surface area (Å²) in [5.41, 5.74) is 0.155. The van der Waals surface area contributed by atoms with Gasteiger partial charge in [0.25, 0.3) is 5.91 Å². The number of hydrogen-bond donors (Lipinski definition) is 2. The molecule has 0 aliphatic heterocycles. The lowest BCUT2D eigenvalue weighted by molar-refractivity contribution is 0.102. The van der Waals surface area contributed by atoms with E-state index in [-0.39, 0.29) is 11.3 Å². The smallest absolute Gasteiger partial charge is 0.260 e. The average molecular weight is 323 g/mol. The number of pyridine rings is 1. The quantitative estimate of drug-likeness (QED) is 0.852. The van der Waals surface area contributed by atoms with Gasteiger partial charge in [0.1, 0.15) is 21.9 Å². The number of hydrogen-bond acceptors (Lipinski definition) is 4. The molecule has 6 heteroatoms. The van der Waals surface area contributed by atoms with E-state index < -0.39 is 5.91 Å². The van der Waals surface area contributed by atoms with E-state index in [0.717, 1.165) is 0 Å². The second-order valence-corrected chi connectivity index (χ2v) is 4.50. The molecule has 5 nitrogen and oxygen atoms in total.